The van der Waals surface area contributed by atoms with E-state index in [9.17, 15) is 18.0 Å². The van der Waals surface area contributed by atoms with Crippen LogP contribution in [0.15, 0.2) is 12.4 Å². The van der Waals surface area contributed by atoms with Crippen LogP contribution in [0.4, 0.5) is 18.9 Å². The Balaban J connectivity index is 1.73. The van der Waals surface area contributed by atoms with Gasteiger partial charge in [-0.1, -0.05) is 0 Å². The highest BCUT2D eigenvalue weighted by molar-refractivity contribution is 5.91. The lowest BCUT2D eigenvalue weighted by Gasteiger charge is -2.05. The monoisotopic (exact) mass is 276 g/mol. The van der Waals surface area contributed by atoms with Gasteiger partial charge >= 0.3 is 6.18 Å². The number of carbonyl (C=O) groups is 1. The summed E-state index contributed by atoms with van der Waals surface area (Å²) in [6, 6.07) is 0. The van der Waals surface area contributed by atoms with Gasteiger partial charge in [0.1, 0.15) is 6.54 Å². The maximum Gasteiger partial charge on any atom is 0.408 e. The molecule has 1 fully saturated rings. The summed E-state index contributed by atoms with van der Waals surface area (Å²) >= 11 is 0. The molecule has 0 radical (unpaired) electrons. The van der Waals surface area contributed by atoms with Crippen molar-refractivity contribution < 1.29 is 18.0 Å². The fraction of sp³-hybridized carbons (Fsp3) is 0.636. The van der Waals surface area contributed by atoms with Crippen molar-refractivity contribution in [2.24, 2.45) is 5.92 Å². The largest absolute Gasteiger partial charge is 0.408 e. The van der Waals surface area contributed by atoms with Gasteiger partial charge in [0.25, 0.3) is 0 Å². The van der Waals surface area contributed by atoms with Gasteiger partial charge in [-0.15, -0.1) is 0 Å². The maximum absolute atomic E-state index is 12.1. The molecule has 1 saturated carbocycles. The molecule has 0 aliphatic heterocycles. The lowest BCUT2D eigenvalue weighted by molar-refractivity contribution is -0.142. The van der Waals surface area contributed by atoms with E-state index in [0.29, 0.717) is 5.92 Å². The summed E-state index contributed by atoms with van der Waals surface area (Å²) in [4.78, 5) is 11.5. The molecule has 1 aliphatic carbocycles. The number of hydrogen-bond donors (Lipinski definition) is 2. The summed E-state index contributed by atoms with van der Waals surface area (Å²) in [5, 5.41) is 9.02. The number of anilines is 1. The van der Waals surface area contributed by atoms with Crippen LogP contribution < -0.4 is 10.6 Å². The highest BCUT2D eigenvalue weighted by Gasteiger charge is 2.28. The number of rotatable bonds is 6. The van der Waals surface area contributed by atoms with E-state index in [4.69, 9.17) is 0 Å². The van der Waals surface area contributed by atoms with Crippen LogP contribution in [-0.4, -0.2) is 35.0 Å². The Morgan fingerprint density at radius 2 is 2.21 bits per heavy atom. The number of nitrogens with one attached hydrogen (secondary N) is 2. The third-order valence-electron chi connectivity index (χ3n) is 2.67. The first kappa shape index (κ1) is 13.9. The van der Waals surface area contributed by atoms with E-state index in [0.717, 1.165) is 17.4 Å². The molecule has 0 saturated heterocycles. The third-order valence-corrected chi connectivity index (χ3v) is 2.67. The number of carbonyl (C=O) groups excluding carboxylic acids is 1. The second kappa shape index (κ2) is 5.60. The second-order valence-corrected chi connectivity index (χ2v) is 4.66. The lowest BCUT2D eigenvalue weighted by atomic mass is 10.4. The molecule has 5 nitrogen and oxygen atoms in total. The summed E-state index contributed by atoms with van der Waals surface area (Å²) in [5.74, 6) is 0.384. The van der Waals surface area contributed by atoms with Gasteiger partial charge in [-0.25, -0.2) is 0 Å². The summed E-state index contributed by atoms with van der Waals surface area (Å²) in [7, 11) is 0. The zero-order valence-electron chi connectivity index (χ0n) is 10.2. The SMILES string of the molecule is O=C(CNCC1CC1)Nc1cnn(CC(F)(F)F)c1. The molecular weight excluding hydrogens is 261 g/mol. The van der Waals surface area contributed by atoms with Crippen LogP contribution in [0.5, 0.6) is 0 Å². The Hall–Kier alpha value is -1.57. The van der Waals surface area contributed by atoms with Crippen molar-refractivity contribution in [1.29, 1.82) is 0 Å². The predicted molar refractivity (Wildman–Crippen MR) is 62.5 cm³/mol. The molecule has 1 aliphatic rings. The maximum atomic E-state index is 12.1. The number of hydrogen-bond acceptors (Lipinski definition) is 3. The first-order valence-electron chi connectivity index (χ1n) is 6.02. The van der Waals surface area contributed by atoms with E-state index < -0.39 is 12.7 Å². The fourth-order valence-electron chi connectivity index (χ4n) is 1.62. The first-order chi connectivity index (χ1) is 8.92. The quantitative estimate of drug-likeness (QED) is 0.825. The molecule has 1 aromatic rings. The zero-order chi connectivity index (χ0) is 13.9. The summed E-state index contributed by atoms with van der Waals surface area (Å²) in [5.41, 5.74) is 0.266. The fourth-order valence-corrected chi connectivity index (χ4v) is 1.62. The lowest BCUT2D eigenvalue weighted by Crippen LogP contribution is -2.29. The van der Waals surface area contributed by atoms with Gasteiger partial charge < -0.3 is 10.6 Å². The van der Waals surface area contributed by atoms with Gasteiger partial charge in [-0.3, -0.25) is 9.48 Å². The molecule has 0 atom stereocenters. The van der Waals surface area contributed by atoms with Crippen LogP contribution >= 0.6 is 0 Å². The number of halogens is 3. The van der Waals surface area contributed by atoms with Crippen molar-refractivity contribution in [2.75, 3.05) is 18.4 Å². The van der Waals surface area contributed by atoms with E-state index in [1.54, 1.807) is 0 Å². The minimum absolute atomic E-state index is 0.154. The van der Waals surface area contributed by atoms with Crippen LogP contribution in [-0.2, 0) is 11.3 Å². The summed E-state index contributed by atoms with van der Waals surface area (Å²) in [6.45, 7) is -0.204. The molecule has 1 heterocycles. The Kier molecular flexibility index (Phi) is 4.08. The minimum atomic E-state index is -4.32. The smallest absolute Gasteiger partial charge is 0.322 e. The molecule has 0 aromatic carbocycles. The van der Waals surface area contributed by atoms with Gasteiger partial charge in [0, 0.05) is 6.20 Å². The van der Waals surface area contributed by atoms with Crippen molar-refractivity contribution in [3.8, 4) is 0 Å². The standard InChI is InChI=1S/C11H15F3N4O/c12-11(13,14)7-18-6-9(4-16-18)17-10(19)5-15-3-8-1-2-8/h4,6,8,15H,1-3,5,7H2,(H,17,19). The Morgan fingerprint density at radius 1 is 1.47 bits per heavy atom. The molecule has 1 amide bonds. The molecule has 19 heavy (non-hydrogen) atoms. The van der Waals surface area contributed by atoms with Gasteiger partial charge in [-0.2, -0.15) is 18.3 Å². The van der Waals surface area contributed by atoms with E-state index in [1.807, 2.05) is 0 Å². The van der Waals surface area contributed by atoms with Crippen molar-refractivity contribution in [2.45, 2.75) is 25.6 Å². The molecule has 2 N–H and O–H groups in total. The number of nitrogens with zero attached hydrogens (tertiary/aromatic N) is 2. The van der Waals surface area contributed by atoms with Gasteiger partial charge in [0.15, 0.2) is 0 Å². The third kappa shape index (κ3) is 5.29. The van der Waals surface area contributed by atoms with E-state index in [2.05, 4.69) is 15.7 Å². The molecule has 8 heteroatoms. The second-order valence-electron chi connectivity index (χ2n) is 4.66. The topological polar surface area (TPSA) is 59.0 Å². The summed E-state index contributed by atoms with van der Waals surface area (Å²) < 4.78 is 37.1. The van der Waals surface area contributed by atoms with Crippen molar-refractivity contribution in [3.05, 3.63) is 12.4 Å². The van der Waals surface area contributed by atoms with E-state index in [-0.39, 0.29) is 18.1 Å². The Morgan fingerprint density at radius 3 is 2.84 bits per heavy atom. The van der Waals surface area contributed by atoms with Crippen molar-refractivity contribution >= 4 is 11.6 Å². The van der Waals surface area contributed by atoms with Gasteiger partial charge in [0.05, 0.1) is 18.4 Å². The highest BCUT2D eigenvalue weighted by Crippen LogP contribution is 2.27. The molecular formula is C11H15F3N4O. The molecule has 2 rings (SSSR count). The molecule has 1 aromatic heterocycles. The van der Waals surface area contributed by atoms with E-state index >= 15 is 0 Å². The molecule has 0 bridgehead atoms. The van der Waals surface area contributed by atoms with E-state index in [1.165, 1.54) is 19.0 Å². The number of amides is 1. The van der Waals surface area contributed by atoms with Crippen LogP contribution in [0.1, 0.15) is 12.8 Å². The average Bonchev–Trinajstić information content (AvgIpc) is 2.99. The van der Waals surface area contributed by atoms with Crippen molar-refractivity contribution in [1.82, 2.24) is 15.1 Å². The highest BCUT2D eigenvalue weighted by atomic mass is 19.4. The van der Waals surface area contributed by atoms with Crippen molar-refractivity contribution in [3.63, 3.8) is 0 Å². The summed E-state index contributed by atoms with van der Waals surface area (Å²) in [6.07, 6.45) is 0.424. The number of alkyl halides is 3. The molecule has 0 unspecified atom stereocenters. The van der Waals surface area contributed by atoms with Crippen LogP contribution in [0.25, 0.3) is 0 Å². The van der Waals surface area contributed by atoms with Gasteiger partial charge in [0.2, 0.25) is 5.91 Å². The van der Waals surface area contributed by atoms with Crippen LogP contribution in [0.2, 0.25) is 0 Å². The van der Waals surface area contributed by atoms with Crippen LogP contribution in [0, 0.1) is 5.92 Å². The minimum Gasteiger partial charge on any atom is -0.322 e. The van der Waals surface area contributed by atoms with Crippen LogP contribution in [0.3, 0.4) is 0 Å². The zero-order valence-corrected chi connectivity index (χ0v) is 10.2. The average molecular weight is 276 g/mol. The Labute approximate surface area is 108 Å². The Bertz CT molecular complexity index is 439. The number of aromatic nitrogens is 2. The normalized spacial score (nSPS) is 15.5. The molecule has 106 valence electrons. The predicted octanol–water partition coefficient (Wildman–Crippen LogP) is 1.38. The van der Waals surface area contributed by atoms with Gasteiger partial charge in [-0.05, 0) is 25.3 Å². The first-order valence-corrected chi connectivity index (χ1v) is 6.02. The molecule has 0 spiro atoms.